The van der Waals surface area contributed by atoms with Crippen LogP contribution >= 0.6 is 15.9 Å². The Balaban J connectivity index is 1.56. The molecule has 4 heterocycles. The second-order valence-corrected chi connectivity index (χ2v) is 8.74. The number of nitrogens with one attached hydrogen (secondary N) is 1. The summed E-state index contributed by atoms with van der Waals surface area (Å²) in [5, 5.41) is 8.10. The summed E-state index contributed by atoms with van der Waals surface area (Å²) in [6, 6.07) is 0.518. The zero-order valence-corrected chi connectivity index (χ0v) is 19.9. The predicted molar refractivity (Wildman–Crippen MR) is 116 cm³/mol. The van der Waals surface area contributed by atoms with Crippen molar-refractivity contribution in [2.75, 3.05) is 25.6 Å². The summed E-state index contributed by atoms with van der Waals surface area (Å²) in [7, 11) is 1.41. The molecule has 10 nitrogen and oxygen atoms in total. The van der Waals surface area contributed by atoms with Crippen LogP contribution in [0.2, 0.25) is 0 Å². The molecule has 2 aromatic heterocycles. The number of anilines is 1. The molecule has 34 heavy (non-hydrogen) atoms. The molecular formula is C20H22BrF3N6O4. The summed E-state index contributed by atoms with van der Waals surface area (Å²) in [6.45, 7) is 1.11. The van der Waals surface area contributed by atoms with Crippen LogP contribution in [0.1, 0.15) is 28.7 Å². The SMILES string of the molecule is CC1Cc2nn3c(c2CN1C(=O)Nc1ccnc(Br)c1F)C(=O)N(C)OC(COCC(F)F)C3. The van der Waals surface area contributed by atoms with Gasteiger partial charge in [0, 0.05) is 31.3 Å². The van der Waals surface area contributed by atoms with Crippen molar-refractivity contribution in [1.29, 1.82) is 0 Å². The zero-order valence-electron chi connectivity index (χ0n) is 18.3. The molecule has 0 aromatic carbocycles. The van der Waals surface area contributed by atoms with E-state index in [4.69, 9.17) is 9.57 Å². The van der Waals surface area contributed by atoms with E-state index >= 15 is 0 Å². The van der Waals surface area contributed by atoms with Crippen LogP contribution in [-0.4, -0.2) is 75.5 Å². The van der Waals surface area contributed by atoms with Gasteiger partial charge in [0.1, 0.15) is 23.0 Å². The Labute approximate surface area is 201 Å². The van der Waals surface area contributed by atoms with Gasteiger partial charge in [-0.05, 0) is 28.9 Å². The molecule has 1 N–H and O–H groups in total. The van der Waals surface area contributed by atoms with E-state index in [2.05, 4.69) is 31.3 Å². The average molecular weight is 547 g/mol. The molecule has 0 aliphatic carbocycles. The third kappa shape index (κ3) is 4.88. The zero-order chi connectivity index (χ0) is 24.6. The molecule has 4 rings (SSSR count). The molecule has 3 amide bonds. The van der Waals surface area contributed by atoms with Crippen LogP contribution in [0.25, 0.3) is 0 Å². The number of alkyl halides is 2. The van der Waals surface area contributed by atoms with Crippen molar-refractivity contribution in [3.8, 4) is 0 Å². The highest BCUT2D eigenvalue weighted by Crippen LogP contribution is 2.30. The van der Waals surface area contributed by atoms with Crippen LogP contribution in [-0.2, 0) is 29.1 Å². The van der Waals surface area contributed by atoms with Gasteiger partial charge in [-0.3, -0.25) is 14.3 Å². The predicted octanol–water partition coefficient (Wildman–Crippen LogP) is 2.83. The van der Waals surface area contributed by atoms with Crippen molar-refractivity contribution in [2.24, 2.45) is 0 Å². The number of aromatic nitrogens is 3. The van der Waals surface area contributed by atoms with Crippen LogP contribution in [0.5, 0.6) is 0 Å². The van der Waals surface area contributed by atoms with Crippen molar-refractivity contribution in [3.63, 3.8) is 0 Å². The first kappa shape index (κ1) is 24.4. The Bertz CT molecular complexity index is 1100. The number of halogens is 4. The highest BCUT2D eigenvalue weighted by atomic mass is 79.9. The number of nitrogens with zero attached hydrogens (tertiary/aromatic N) is 5. The van der Waals surface area contributed by atoms with Crippen LogP contribution in [0, 0.1) is 5.82 Å². The van der Waals surface area contributed by atoms with Crippen LogP contribution in [0.4, 0.5) is 23.7 Å². The van der Waals surface area contributed by atoms with Gasteiger partial charge >= 0.3 is 6.03 Å². The summed E-state index contributed by atoms with van der Waals surface area (Å²) < 4.78 is 45.5. The quantitative estimate of drug-likeness (QED) is 0.578. The number of amides is 3. The molecule has 0 saturated heterocycles. The van der Waals surface area contributed by atoms with Gasteiger partial charge in [-0.1, -0.05) is 0 Å². The third-order valence-corrected chi connectivity index (χ3v) is 6.10. The molecule has 2 unspecified atom stereocenters. The van der Waals surface area contributed by atoms with Gasteiger partial charge in [0.15, 0.2) is 5.82 Å². The van der Waals surface area contributed by atoms with E-state index in [0.717, 1.165) is 5.06 Å². The Morgan fingerprint density at radius 2 is 2.21 bits per heavy atom. The Morgan fingerprint density at radius 1 is 1.44 bits per heavy atom. The summed E-state index contributed by atoms with van der Waals surface area (Å²) in [6.07, 6.45) is -1.60. The number of rotatable bonds is 5. The minimum absolute atomic E-state index is 0.0260. The van der Waals surface area contributed by atoms with Crippen LogP contribution in [0.15, 0.2) is 16.9 Å². The first-order valence-corrected chi connectivity index (χ1v) is 11.2. The molecule has 2 atom stereocenters. The molecule has 0 spiro atoms. The van der Waals surface area contributed by atoms with E-state index in [1.807, 2.05) is 6.92 Å². The smallest absolute Gasteiger partial charge is 0.322 e. The standard InChI is InChI=1S/C20H22BrF3N6O4/c1-10-5-14-12(7-29(10)20(32)26-13-3-4-25-18(21)16(13)24)17-19(31)28(2)34-11(6-30(17)27-14)8-33-9-15(22)23/h3-4,10-11,15H,5-9H2,1-2H3,(H,25,26,32). The number of fused-ring (bicyclic) bond motifs is 3. The lowest BCUT2D eigenvalue weighted by Crippen LogP contribution is -2.45. The van der Waals surface area contributed by atoms with E-state index in [1.54, 1.807) is 0 Å². The largest absolute Gasteiger partial charge is 0.373 e. The minimum Gasteiger partial charge on any atom is -0.373 e. The van der Waals surface area contributed by atoms with Crippen LogP contribution < -0.4 is 5.32 Å². The van der Waals surface area contributed by atoms with Gasteiger partial charge in [0.2, 0.25) is 0 Å². The van der Waals surface area contributed by atoms with E-state index in [9.17, 15) is 22.8 Å². The maximum absolute atomic E-state index is 14.3. The van der Waals surface area contributed by atoms with Crippen molar-refractivity contribution < 1.29 is 32.3 Å². The Morgan fingerprint density at radius 3 is 2.94 bits per heavy atom. The molecule has 0 bridgehead atoms. The molecule has 0 radical (unpaired) electrons. The maximum atomic E-state index is 14.3. The number of carbonyl (C=O) groups is 2. The highest BCUT2D eigenvalue weighted by molar-refractivity contribution is 9.10. The van der Waals surface area contributed by atoms with Gasteiger partial charge in [0.25, 0.3) is 12.3 Å². The van der Waals surface area contributed by atoms with Gasteiger partial charge in [-0.2, -0.15) is 5.10 Å². The molecule has 184 valence electrons. The molecule has 2 aliphatic rings. The fraction of sp³-hybridized carbons (Fsp3) is 0.500. The topological polar surface area (TPSA) is 102 Å². The Hall–Kier alpha value is -2.71. The molecule has 0 fully saturated rings. The monoisotopic (exact) mass is 546 g/mol. The normalized spacial score (nSPS) is 20.3. The van der Waals surface area contributed by atoms with E-state index in [1.165, 1.54) is 28.9 Å². The first-order chi connectivity index (χ1) is 16.2. The molecule has 2 aromatic rings. The second-order valence-electron chi connectivity index (χ2n) is 7.99. The number of hydrogen-bond donors (Lipinski definition) is 1. The van der Waals surface area contributed by atoms with E-state index in [0.29, 0.717) is 17.7 Å². The number of ether oxygens (including phenoxy) is 1. The lowest BCUT2D eigenvalue weighted by Gasteiger charge is -2.33. The molecule has 14 heteroatoms. The van der Waals surface area contributed by atoms with Crippen LogP contribution in [0.3, 0.4) is 0 Å². The lowest BCUT2D eigenvalue weighted by molar-refractivity contribution is -0.169. The van der Waals surface area contributed by atoms with Gasteiger partial charge in [-0.25, -0.2) is 28.0 Å². The van der Waals surface area contributed by atoms with Gasteiger partial charge < -0.3 is 15.0 Å². The second kappa shape index (κ2) is 9.88. The Kier molecular flexibility index (Phi) is 7.09. The molecule has 2 aliphatic heterocycles. The number of pyridine rings is 1. The fourth-order valence-electron chi connectivity index (χ4n) is 3.96. The molecular weight excluding hydrogens is 525 g/mol. The van der Waals surface area contributed by atoms with Gasteiger partial charge in [-0.15, -0.1) is 0 Å². The number of carbonyl (C=O) groups excluding carboxylic acids is 2. The number of urea groups is 1. The van der Waals surface area contributed by atoms with Crippen molar-refractivity contribution in [1.82, 2.24) is 24.7 Å². The lowest BCUT2D eigenvalue weighted by atomic mass is 9.99. The summed E-state index contributed by atoms with van der Waals surface area (Å²) in [5.74, 6) is -1.18. The molecule has 0 saturated carbocycles. The average Bonchev–Trinajstić information content (AvgIpc) is 3.06. The fourth-order valence-corrected chi connectivity index (χ4v) is 4.29. The van der Waals surface area contributed by atoms with E-state index < -0.39 is 36.9 Å². The minimum atomic E-state index is -2.61. The van der Waals surface area contributed by atoms with Crippen molar-refractivity contribution >= 4 is 33.6 Å². The maximum Gasteiger partial charge on any atom is 0.322 e. The number of hydroxylamine groups is 2. The van der Waals surface area contributed by atoms with E-state index in [-0.39, 0.29) is 41.7 Å². The van der Waals surface area contributed by atoms with Gasteiger partial charge in [0.05, 0.1) is 31.1 Å². The van der Waals surface area contributed by atoms with Crippen molar-refractivity contribution in [3.05, 3.63) is 39.6 Å². The summed E-state index contributed by atoms with van der Waals surface area (Å²) in [5.41, 5.74) is 1.42. The summed E-state index contributed by atoms with van der Waals surface area (Å²) >= 11 is 2.99. The summed E-state index contributed by atoms with van der Waals surface area (Å²) in [4.78, 5) is 36.8. The van der Waals surface area contributed by atoms with Crippen molar-refractivity contribution in [2.45, 2.75) is 45.0 Å². The number of hydrogen-bond acceptors (Lipinski definition) is 6. The highest BCUT2D eigenvalue weighted by Gasteiger charge is 2.37. The third-order valence-electron chi connectivity index (χ3n) is 5.55. The first-order valence-electron chi connectivity index (χ1n) is 10.4.